The Morgan fingerprint density at radius 1 is 1.03 bits per heavy atom. The van der Waals surface area contributed by atoms with Gasteiger partial charge in [-0.1, -0.05) is 54.1 Å². The van der Waals surface area contributed by atoms with Crippen molar-refractivity contribution < 1.29 is 12.8 Å². The first-order valence-corrected chi connectivity index (χ1v) is 12.8. The highest BCUT2D eigenvalue weighted by molar-refractivity contribution is 7.89. The number of fused-ring (bicyclic) bond motifs is 1. The Labute approximate surface area is 204 Å². The summed E-state index contributed by atoms with van der Waals surface area (Å²) in [4.78, 5) is 4.50. The number of nitrogens with zero attached hydrogens (tertiary/aromatic N) is 3. The lowest BCUT2D eigenvalue weighted by Gasteiger charge is -2.28. The molecule has 0 radical (unpaired) electrons. The fourth-order valence-electron chi connectivity index (χ4n) is 4.12. The number of rotatable bonds is 6. The van der Waals surface area contributed by atoms with E-state index in [0.717, 1.165) is 11.1 Å². The van der Waals surface area contributed by atoms with Gasteiger partial charge in [-0.15, -0.1) is 0 Å². The first kappa shape index (κ1) is 22.8. The van der Waals surface area contributed by atoms with E-state index in [0.29, 0.717) is 31.6 Å². The Hall–Kier alpha value is -3.93. The van der Waals surface area contributed by atoms with Gasteiger partial charge >= 0.3 is 0 Å². The molecule has 35 heavy (non-hydrogen) atoms. The summed E-state index contributed by atoms with van der Waals surface area (Å²) < 4.78 is 33.8. The standard InChI is InChI=1S/C27H24N4O3S/c1-19-6-8-20(9-7-19)17-29-27-25(16-28)30-26(34-27)22-10-12-24(13-11-22)35(32,33)31-15-14-21-4-2-3-5-23(21)18-31/h2-13,29H,14-15,17-18H2,1H3. The summed E-state index contributed by atoms with van der Waals surface area (Å²) in [6.45, 7) is 3.32. The molecule has 0 bridgehead atoms. The van der Waals surface area contributed by atoms with Crippen LogP contribution in [0.15, 0.2) is 82.1 Å². The van der Waals surface area contributed by atoms with Crippen LogP contribution in [0.2, 0.25) is 0 Å². The first-order valence-electron chi connectivity index (χ1n) is 11.3. The predicted molar refractivity (Wildman–Crippen MR) is 133 cm³/mol. The molecule has 1 aliphatic rings. The van der Waals surface area contributed by atoms with Gasteiger partial charge in [0.1, 0.15) is 6.07 Å². The maximum Gasteiger partial charge on any atom is 0.243 e. The minimum Gasteiger partial charge on any atom is -0.419 e. The second-order valence-corrected chi connectivity index (χ2v) is 10.5. The number of hydrogen-bond donors (Lipinski definition) is 1. The Kier molecular flexibility index (Phi) is 6.12. The summed E-state index contributed by atoms with van der Waals surface area (Å²) in [5.41, 5.74) is 5.19. The molecule has 7 nitrogen and oxygen atoms in total. The number of anilines is 1. The molecule has 0 spiro atoms. The minimum atomic E-state index is -3.64. The molecule has 1 aliphatic heterocycles. The van der Waals surface area contributed by atoms with Crippen LogP contribution in [0.4, 0.5) is 5.88 Å². The van der Waals surface area contributed by atoms with Crippen molar-refractivity contribution >= 4 is 15.9 Å². The molecule has 1 N–H and O–H groups in total. The molecule has 2 heterocycles. The number of oxazole rings is 1. The summed E-state index contributed by atoms with van der Waals surface area (Å²) in [7, 11) is -3.64. The molecule has 8 heteroatoms. The van der Waals surface area contributed by atoms with E-state index in [4.69, 9.17) is 4.42 Å². The van der Waals surface area contributed by atoms with Gasteiger partial charge in [0, 0.05) is 25.2 Å². The van der Waals surface area contributed by atoms with Crippen molar-refractivity contribution in [1.29, 1.82) is 5.26 Å². The van der Waals surface area contributed by atoms with Crippen molar-refractivity contribution in [2.75, 3.05) is 11.9 Å². The SMILES string of the molecule is Cc1ccc(CNc2oc(-c3ccc(S(=O)(=O)N4CCc5ccccc5C4)cc3)nc2C#N)cc1. The number of nitrogens with one attached hydrogen (secondary N) is 1. The Morgan fingerprint density at radius 2 is 1.74 bits per heavy atom. The van der Waals surface area contributed by atoms with Gasteiger partial charge in [-0.05, 0) is 54.3 Å². The number of nitriles is 1. The molecule has 1 aromatic heterocycles. The third-order valence-corrected chi connectivity index (χ3v) is 8.00. The first-order chi connectivity index (χ1) is 16.9. The molecule has 0 fully saturated rings. The van der Waals surface area contributed by atoms with E-state index in [1.807, 2.05) is 61.5 Å². The quantitative estimate of drug-likeness (QED) is 0.419. The van der Waals surface area contributed by atoms with Gasteiger partial charge in [-0.2, -0.15) is 14.6 Å². The zero-order valence-electron chi connectivity index (χ0n) is 19.2. The van der Waals surface area contributed by atoms with Crippen molar-refractivity contribution in [2.45, 2.75) is 31.3 Å². The lowest BCUT2D eigenvalue weighted by Crippen LogP contribution is -2.35. The van der Waals surface area contributed by atoms with Crippen molar-refractivity contribution in [3.63, 3.8) is 0 Å². The smallest absolute Gasteiger partial charge is 0.243 e. The highest BCUT2D eigenvalue weighted by Gasteiger charge is 2.28. The Bertz CT molecular complexity index is 1500. The zero-order valence-corrected chi connectivity index (χ0v) is 20.0. The summed E-state index contributed by atoms with van der Waals surface area (Å²) in [6, 6.07) is 24.4. The molecule has 0 atom stereocenters. The Balaban J connectivity index is 1.33. The molecular weight excluding hydrogens is 460 g/mol. The molecule has 0 saturated carbocycles. The number of aromatic nitrogens is 1. The van der Waals surface area contributed by atoms with E-state index >= 15 is 0 Å². The number of sulfonamides is 1. The van der Waals surface area contributed by atoms with E-state index in [1.54, 1.807) is 24.3 Å². The van der Waals surface area contributed by atoms with E-state index in [2.05, 4.69) is 10.3 Å². The second kappa shape index (κ2) is 9.37. The van der Waals surface area contributed by atoms with E-state index in [9.17, 15) is 13.7 Å². The van der Waals surface area contributed by atoms with Gasteiger partial charge in [0.2, 0.25) is 27.5 Å². The fraction of sp³-hybridized carbons (Fsp3) is 0.185. The minimum absolute atomic E-state index is 0.149. The monoisotopic (exact) mass is 484 g/mol. The largest absolute Gasteiger partial charge is 0.419 e. The van der Waals surface area contributed by atoms with Crippen LogP contribution in [0.3, 0.4) is 0 Å². The summed E-state index contributed by atoms with van der Waals surface area (Å²) in [5, 5.41) is 12.6. The molecule has 0 saturated heterocycles. The highest BCUT2D eigenvalue weighted by atomic mass is 32.2. The van der Waals surface area contributed by atoms with Crippen LogP contribution in [-0.4, -0.2) is 24.3 Å². The fourth-order valence-corrected chi connectivity index (χ4v) is 5.54. The van der Waals surface area contributed by atoms with Crippen molar-refractivity contribution in [2.24, 2.45) is 0 Å². The van der Waals surface area contributed by atoms with Crippen LogP contribution >= 0.6 is 0 Å². The molecular formula is C27H24N4O3S. The maximum atomic E-state index is 13.2. The predicted octanol–water partition coefficient (Wildman–Crippen LogP) is 4.88. The molecule has 0 aliphatic carbocycles. The number of benzene rings is 3. The molecule has 4 aromatic rings. The summed E-state index contributed by atoms with van der Waals surface area (Å²) in [5.74, 6) is 0.538. The molecule has 0 unspecified atom stereocenters. The third kappa shape index (κ3) is 4.69. The highest BCUT2D eigenvalue weighted by Crippen LogP contribution is 2.29. The van der Waals surface area contributed by atoms with Crippen molar-refractivity contribution in [1.82, 2.24) is 9.29 Å². The van der Waals surface area contributed by atoms with Gasteiger partial charge in [0.05, 0.1) is 4.90 Å². The molecule has 5 rings (SSSR count). The van der Waals surface area contributed by atoms with Crippen LogP contribution in [-0.2, 0) is 29.5 Å². The maximum absolute atomic E-state index is 13.2. The van der Waals surface area contributed by atoms with E-state index in [1.165, 1.54) is 15.4 Å². The summed E-state index contributed by atoms with van der Waals surface area (Å²) in [6.07, 6.45) is 0.694. The molecule has 0 amide bonds. The van der Waals surface area contributed by atoms with Gasteiger partial charge < -0.3 is 9.73 Å². The number of aryl methyl sites for hydroxylation is 1. The normalized spacial score (nSPS) is 13.7. The molecule has 176 valence electrons. The van der Waals surface area contributed by atoms with Crippen molar-refractivity contribution in [3.05, 3.63) is 101 Å². The molecule has 3 aromatic carbocycles. The van der Waals surface area contributed by atoms with Crippen LogP contribution in [0, 0.1) is 18.3 Å². The lowest BCUT2D eigenvalue weighted by molar-refractivity contribution is 0.391. The van der Waals surface area contributed by atoms with Gasteiger partial charge in [-0.3, -0.25) is 0 Å². The Morgan fingerprint density at radius 3 is 2.46 bits per heavy atom. The number of hydrogen-bond acceptors (Lipinski definition) is 6. The van der Waals surface area contributed by atoms with Gasteiger partial charge in [-0.25, -0.2) is 8.42 Å². The van der Waals surface area contributed by atoms with Gasteiger partial charge in [0.25, 0.3) is 0 Å². The van der Waals surface area contributed by atoms with Crippen LogP contribution < -0.4 is 5.32 Å². The topological polar surface area (TPSA) is 99.2 Å². The average molecular weight is 485 g/mol. The second-order valence-electron chi connectivity index (χ2n) is 8.53. The van der Waals surface area contributed by atoms with Gasteiger partial charge in [0.15, 0.2) is 0 Å². The van der Waals surface area contributed by atoms with Crippen LogP contribution in [0.25, 0.3) is 11.5 Å². The van der Waals surface area contributed by atoms with E-state index in [-0.39, 0.29) is 22.4 Å². The third-order valence-electron chi connectivity index (χ3n) is 6.14. The van der Waals surface area contributed by atoms with E-state index < -0.39 is 10.0 Å². The zero-order chi connectivity index (χ0) is 24.4. The summed E-state index contributed by atoms with van der Waals surface area (Å²) >= 11 is 0. The van der Waals surface area contributed by atoms with Crippen molar-refractivity contribution in [3.8, 4) is 17.5 Å². The lowest BCUT2D eigenvalue weighted by atomic mass is 10.0. The van der Waals surface area contributed by atoms with Crippen LogP contribution in [0.1, 0.15) is 27.9 Å². The average Bonchev–Trinajstić information content (AvgIpc) is 3.31. The van der Waals surface area contributed by atoms with Crippen LogP contribution in [0.5, 0.6) is 0 Å².